The zero-order valence-corrected chi connectivity index (χ0v) is 19.1. The molecule has 12 heteroatoms. The molecular formula is C23H24F3N5O4. The summed E-state index contributed by atoms with van der Waals surface area (Å²) in [4.78, 5) is 30.4. The van der Waals surface area contributed by atoms with E-state index in [0.717, 1.165) is 12.1 Å². The van der Waals surface area contributed by atoms with Gasteiger partial charge in [-0.2, -0.15) is 18.3 Å². The molecular weight excluding hydrogens is 467 g/mol. The van der Waals surface area contributed by atoms with Crippen molar-refractivity contribution in [2.45, 2.75) is 32.2 Å². The van der Waals surface area contributed by atoms with E-state index in [1.165, 1.54) is 24.6 Å². The Hall–Kier alpha value is -3.51. The molecule has 0 spiro atoms. The first-order valence-corrected chi connectivity index (χ1v) is 10.9. The summed E-state index contributed by atoms with van der Waals surface area (Å²) in [7, 11) is 0. The average Bonchev–Trinajstić information content (AvgIpc) is 3.19. The highest BCUT2D eigenvalue weighted by Gasteiger charge is 2.33. The van der Waals surface area contributed by atoms with E-state index in [1.54, 1.807) is 23.2 Å². The first kappa shape index (κ1) is 24.6. The Morgan fingerprint density at radius 1 is 1.17 bits per heavy atom. The summed E-state index contributed by atoms with van der Waals surface area (Å²) in [5.74, 6) is -0.983. The van der Waals surface area contributed by atoms with Gasteiger partial charge in [-0.25, -0.2) is 4.98 Å². The highest BCUT2D eigenvalue weighted by Crippen LogP contribution is 2.32. The van der Waals surface area contributed by atoms with Crippen LogP contribution in [0.4, 0.5) is 18.9 Å². The van der Waals surface area contributed by atoms with Crippen molar-refractivity contribution in [3.63, 3.8) is 0 Å². The molecule has 0 saturated carbocycles. The molecule has 4 rings (SSSR count). The van der Waals surface area contributed by atoms with Gasteiger partial charge in [0.1, 0.15) is 17.9 Å². The number of aromatic nitrogens is 3. The van der Waals surface area contributed by atoms with Crippen LogP contribution in [0.15, 0.2) is 36.5 Å². The molecule has 1 saturated heterocycles. The van der Waals surface area contributed by atoms with Crippen molar-refractivity contribution >= 4 is 28.4 Å². The molecule has 1 aliphatic rings. The normalized spacial score (nSPS) is 14.9. The van der Waals surface area contributed by atoms with Gasteiger partial charge in [-0.05, 0) is 38.1 Å². The first-order chi connectivity index (χ1) is 16.4. The molecule has 2 N–H and O–H groups in total. The molecule has 0 aliphatic carbocycles. The molecule has 1 fully saturated rings. The number of anilines is 1. The topological polar surface area (TPSA) is 110 Å². The lowest BCUT2D eigenvalue weighted by Crippen LogP contribution is -2.42. The predicted molar refractivity (Wildman–Crippen MR) is 120 cm³/mol. The molecule has 2 amide bonds. The van der Waals surface area contributed by atoms with E-state index in [9.17, 15) is 27.9 Å². The number of nitrogens with one attached hydrogen (secondary N) is 1. The van der Waals surface area contributed by atoms with E-state index < -0.39 is 29.1 Å². The van der Waals surface area contributed by atoms with E-state index in [4.69, 9.17) is 4.74 Å². The Morgan fingerprint density at radius 2 is 1.89 bits per heavy atom. The van der Waals surface area contributed by atoms with E-state index in [-0.39, 0.29) is 18.1 Å². The van der Waals surface area contributed by atoms with Crippen LogP contribution in [0.2, 0.25) is 0 Å². The van der Waals surface area contributed by atoms with E-state index in [2.05, 4.69) is 15.4 Å². The van der Waals surface area contributed by atoms with Gasteiger partial charge in [0.05, 0.1) is 24.3 Å². The minimum absolute atomic E-state index is 0.00236. The number of carbonyl (C=O) groups excluding carboxylic acids is 2. The number of benzene rings is 1. The number of ether oxygens (including phenoxy) is 1. The van der Waals surface area contributed by atoms with E-state index >= 15 is 0 Å². The molecule has 3 aromatic rings. The number of hydrogen-bond donors (Lipinski definition) is 2. The number of halogens is 3. The summed E-state index contributed by atoms with van der Waals surface area (Å²) in [6.07, 6.45) is -3.07. The third-order valence-corrected chi connectivity index (χ3v) is 5.53. The fourth-order valence-corrected chi connectivity index (χ4v) is 3.77. The average molecular weight is 491 g/mol. The van der Waals surface area contributed by atoms with Crippen LogP contribution in [0.3, 0.4) is 0 Å². The van der Waals surface area contributed by atoms with E-state index in [1.807, 2.05) is 0 Å². The van der Waals surface area contributed by atoms with Crippen LogP contribution < -0.4 is 5.32 Å². The van der Waals surface area contributed by atoms with Crippen molar-refractivity contribution in [2.75, 3.05) is 31.6 Å². The zero-order valence-electron chi connectivity index (χ0n) is 19.1. The van der Waals surface area contributed by atoms with Gasteiger partial charge >= 0.3 is 6.18 Å². The van der Waals surface area contributed by atoms with Crippen molar-refractivity contribution in [1.82, 2.24) is 19.7 Å². The summed E-state index contributed by atoms with van der Waals surface area (Å²) in [6.45, 7) is 4.97. The fraction of sp³-hybridized carbons (Fsp3) is 0.391. The Labute approximate surface area is 198 Å². The smallest absolute Gasteiger partial charge is 0.386 e. The number of aliphatic hydroxyl groups is 1. The molecule has 2 aromatic heterocycles. The number of nitrogens with zero attached hydrogens (tertiary/aromatic N) is 4. The Kier molecular flexibility index (Phi) is 6.52. The summed E-state index contributed by atoms with van der Waals surface area (Å²) in [6, 6.07) is 6.16. The molecule has 0 radical (unpaired) electrons. The molecule has 35 heavy (non-hydrogen) atoms. The number of morpholine rings is 1. The van der Waals surface area contributed by atoms with Gasteiger partial charge in [0.2, 0.25) is 5.91 Å². The predicted octanol–water partition coefficient (Wildman–Crippen LogP) is 2.79. The van der Waals surface area contributed by atoms with Gasteiger partial charge in [-0.1, -0.05) is 6.07 Å². The molecule has 0 unspecified atom stereocenters. The maximum Gasteiger partial charge on any atom is 0.433 e. The summed E-state index contributed by atoms with van der Waals surface area (Å²) >= 11 is 0. The summed E-state index contributed by atoms with van der Waals surface area (Å²) in [5.41, 5.74) is -2.05. The first-order valence-electron chi connectivity index (χ1n) is 10.9. The number of pyridine rings is 1. The summed E-state index contributed by atoms with van der Waals surface area (Å²) in [5, 5.41) is 18.2. The van der Waals surface area contributed by atoms with Gasteiger partial charge in [-0.15, -0.1) is 0 Å². The molecule has 0 bridgehead atoms. The third-order valence-electron chi connectivity index (χ3n) is 5.53. The largest absolute Gasteiger partial charge is 0.433 e. The maximum absolute atomic E-state index is 13.0. The number of hydrogen-bond acceptors (Lipinski definition) is 6. The standard InChI is InChI=1S/C23H24F3N5O4/c1-22(2,34)15-11-17-14(12-31(29-17)13-20(32)30-6-8-35-9-7-30)10-18(15)28-21(33)16-4-3-5-19(27-16)23(24,25)26/h3-5,10-12,34H,6-9,13H2,1-2H3,(H,28,33). The van der Waals surface area contributed by atoms with Gasteiger partial charge in [-0.3, -0.25) is 14.3 Å². The second kappa shape index (κ2) is 9.27. The Bertz CT molecular complexity index is 1260. The fourth-order valence-electron chi connectivity index (χ4n) is 3.77. The molecule has 0 atom stereocenters. The third kappa shape index (κ3) is 5.60. The van der Waals surface area contributed by atoms with Gasteiger partial charge in [0.15, 0.2) is 0 Å². The second-order valence-corrected chi connectivity index (χ2v) is 8.70. The molecule has 9 nitrogen and oxygen atoms in total. The molecule has 186 valence electrons. The van der Waals surface area contributed by atoms with Crippen LogP contribution in [0.25, 0.3) is 10.9 Å². The Morgan fingerprint density at radius 3 is 2.54 bits per heavy atom. The van der Waals surface area contributed by atoms with Crippen LogP contribution in [0.1, 0.15) is 35.6 Å². The van der Waals surface area contributed by atoms with Gasteiger partial charge in [0, 0.05) is 35.9 Å². The van der Waals surface area contributed by atoms with Crippen molar-refractivity contribution in [3.8, 4) is 0 Å². The van der Waals surface area contributed by atoms with Crippen LogP contribution in [0, 0.1) is 0 Å². The van der Waals surface area contributed by atoms with Crippen molar-refractivity contribution < 1.29 is 32.6 Å². The molecule has 1 aromatic carbocycles. The Balaban J connectivity index is 1.63. The monoisotopic (exact) mass is 491 g/mol. The number of amides is 2. The molecule has 3 heterocycles. The van der Waals surface area contributed by atoms with Crippen LogP contribution >= 0.6 is 0 Å². The zero-order chi connectivity index (χ0) is 25.4. The van der Waals surface area contributed by atoms with Gasteiger partial charge in [0.25, 0.3) is 5.91 Å². The lowest BCUT2D eigenvalue weighted by atomic mass is 9.95. The van der Waals surface area contributed by atoms with Crippen LogP contribution in [-0.2, 0) is 27.9 Å². The lowest BCUT2D eigenvalue weighted by molar-refractivity contribution is -0.141. The maximum atomic E-state index is 13.0. The van der Waals surface area contributed by atoms with Gasteiger partial charge < -0.3 is 20.1 Å². The lowest BCUT2D eigenvalue weighted by Gasteiger charge is -2.26. The number of carbonyl (C=O) groups is 2. The minimum Gasteiger partial charge on any atom is -0.386 e. The quantitative estimate of drug-likeness (QED) is 0.568. The molecule has 1 aliphatic heterocycles. The van der Waals surface area contributed by atoms with Crippen LogP contribution in [-0.4, -0.2) is 62.9 Å². The van der Waals surface area contributed by atoms with Crippen LogP contribution in [0.5, 0.6) is 0 Å². The highest BCUT2D eigenvalue weighted by molar-refractivity contribution is 6.04. The van der Waals surface area contributed by atoms with Crippen molar-refractivity contribution in [2.24, 2.45) is 0 Å². The van der Waals surface area contributed by atoms with E-state index in [0.29, 0.717) is 42.8 Å². The summed E-state index contributed by atoms with van der Waals surface area (Å²) < 4.78 is 45.7. The number of alkyl halides is 3. The minimum atomic E-state index is -4.69. The SMILES string of the molecule is CC(C)(O)c1cc2nn(CC(=O)N3CCOCC3)cc2cc1NC(=O)c1cccc(C(F)(F)F)n1. The number of rotatable bonds is 5. The number of fused-ring (bicyclic) bond motifs is 1. The van der Waals surface area contributed by atoms with Crippen molar-refractivity contribution in [1.29, 1.82) is 0 Å². The highest BCUT2D eigenvalue weighted by atomic mass is 19.4. The second-order valence-electron chi connectivity index (χ2n) is 8.70. The van der Waals surface area contributed by atoms with Crippen molar-refractivity contribution in [3.05, 3.63) is 53.5 Å².